The summed E-state index contributed by atoms with van der Waals surface area (Å²) in [6.45, 7) is 6.62. The van der Waals surface area contributed by atoms with Gasteiger partial charge in [-0.2, -0.15) is 5.10 Å². The van der Waals surface area contributed by atoms with Crippen LogP contribution in [0, 0.1) is 0 Å². The van der Waals surface area contributed by atoms with Gasteiger partial charge in [0.2, 0.25) is 5.91 Å². The molecule has 0 unspecified atom stereocenters. The zero-order valence-corrected chi connectivity index (χ0v) is 22.8. The summed E-state index contributed by atoms with van der Waals surface area (Å²) in [4.78, 5) is 24.4. The van der Waals surface area contributed by atoms with Gasteiger partial charge in [0.1, 0.15) is 12.4 Å². The Balaban J connectivity index is 1.60. The van der Waals surface area contributed by atoms with Crippen molar-refractivity contribution in [1.29, 1.82) is 0 Å². The third-order valence-electron chi connectivity index (χ3n) is 5.54. The molecule has 0 heterocycles. The van der Waals surface area contributed by atoms with Crippen molar-refractivity contribution in [3.8, 4) is 17.2 Å². The number of hydrogen-bond acceptors (Lipinski definition) is 6. The van der Waals surface area contributed by atoms with E-state index in [4.69, 9.17) is 25.8 Å². The topological polar surface area (TPSA) is 98.3 Å². The molecule has 204 valence electrons. The lowest BCUT2D eigenvalue weighted by Crippen LogP contribution is -2.29. The lowest BCUT2D eigenvalue weighted by atomic mass is 10.1. The number of ether oxygens (including phenoxy) is 3. The van der Waals surface area contributed by atoms with Crippen molar-refractivity contribution >= 4 is 29.6 Å². The number of rotatable bonds is 14. The Morgan fingerprint density at radius 1 is 1.05 bits per heavy atom. The van der Waals surface area contributed by atoms with E-state index in [9.17, 15) is 9.59 Å². The first-order valence-electron chi connectivity index (χ1n) is 12.5. The molecule has 2 N–H and O–H groups in total. The highest BCUT2D eigenvalue weighted by Crippen LogP contribution is 2.34. The van der Waals surface area contributed by atoms with Crippen LogP contribution in [0.25, 0.3) is 0 Å². The highest BCUT2D eigenvalue weighted by atomic mass is 35.5. The highest BCUT2D eigenvalue weighted by molar-refractivity contribution is 6.31. The standard InChI is InChI=1S/C30H32ClN3O5/c1-4-8-23-17-21(18-27(38-5-2)29(23)39-20-24-9-6-7-10-26(24)31)19-33-34-28(35)15-16-32-30(36)22-11-13-25(37-3)14-12-22/h4,6-7,9-14,17-19H,1,5,8,15-16,20H2,2-3H3,(H,32,36)(H,34,35). The van der Waals surface area contributed by atoms with Crippen molar-refractivity contribution in [2.75, 3.05) is 20.3 Å². The number of nitrogens with zero attached hydrogens (tertiary/aromatic N) is 1. The van der Waals surface area contributed by atoms with Gasteiger partial charge in [0, 0.05) is 34.7 Å². The molecule has 0 atom stereocenters. The molecule has 0 bridgehead atoms. The third-order valence-corrected chi connectivity index (χ3v) is 5.91. The van der Waals surface area contributed by atoms with E-state index >= 15 is 0 Å². The number of amides is 2. The average Bonchev–Trinajstić information content (AvgIpc) is 2.94. The van der Waals surface area contributed by atoms with E-state index in [0.29, 0.717) is 46.4 Å². The van der Waals surface area contributed by atoms with Crippen molar-refractivity contribution in [2.24, 2.45) is 5.10 Å². The molecule has 0 aliphatic heterocycles. The minimum atomic E-state index is -0.336. The number of methoxy groups -OCH3 is 1. The Bertz CT molecular complexity index is 1310. The maximum absolute atomic E-state index is 12.2. The summed E-state index contributed by atoms with van der Waals surface area (Å²) < 4.78 is 17.1. The first-order chi connectivity index (χ1) is 18.9. The quantitative estimate of drug-likeness (QED) is 0.161. The Morgan fingerprint density at radius 3 is 2.51 bits per heavy atom. The molecule has 0 saturated heterocycles. The Labute approximate surface area is 233 Å². The maximum atomic E-state index is 12.2. The van der Waals surface area contributed by atoms with E-state index in [1.54, 1.807) is 43.5 Å². The molecule has 0 aliphatic rings. The summed E-state index contributed by atoms with van der Waals surface area (Å²) in [5.74, 6) is 1.21. The fourth-order valence-corrected chi connectivity index (χ4v) is 3.82. The zero-order valence-electron chi connectivity index (χ0n) is 22.0. The van der Waals surface area contributed by atoms with Gasteiger partial charge in [0.25, 0.3) is 5.91 Å². The average molecular weight is 550 g/mol. The van der Waals surface area contributed by atoms with Crippen molar-refractivity contribution < 1.29 is 23.8 Å². The number of nitrogens with one attached hydrogen (secondary N) is 2. The lowest BCUT2D eigenvalue weighted by Gasteiger charge is -2.17. The van der Waals surface area contributed by atoms with Crippen molar-refractivity contribution in [2.45, 2.75) is 26.4 Å². The van der Waals surface area contributed by atoms with Crippen LogP contribution >= 0.6 is 11.6 Å². The molecule has 0 saturated carbocycles. The maximum Gasteiger partial charge on any atom is 0.251 e. The predicted molar refractivity (Wildman–Crippen MR) is 153 cm³/mol. The summed E-state index contributed by atoms with van der Waals surface area (Å²) in [6.07, 6.45) is 3.91. The monoisotopic (exact) mass is 549 g/mol. The molecule has 0 aromatic heterocycles. The first-order valence-corrected chi connectivity index (χ1v) is 12.8. The van der Waals surface area contributed by atoms with Gasteiger partial charge in [-0.3, -0.25) is 9.59 Å². The van der Waals surface area contributed by atoms with Crippen molar-refractivity contribution in [1.82, 2.24) is 10.7 Å². The largest absolute Gasteiger partial charge is 0.497 e. The van der Waals surface area contributed by atoms with E-state index in [0.717, 1.165) is 11.1 Å². The van der Waals surface area contributed by atoms with Gasteiger partial charge in [-0.1, -0.05) is 35.9 Å². The van der Waals surface area contributed by atoms with Gasteiger partial charge >= 0.3 is 0 Å². The fourth-order valence-electron chi connectivity index (χ4n) is 3.63. The molecule has 2 amide bonds. The van der Waals surface area contributed by atoms with Gasteiger partial charge in [-0.25, -0.2) is 5.43 Å². The van der Waals surface area contributed by atoms with Crippen LogP contribution < -0.4 is 25.0 Å². The van der Waals surface area contributed by atoms with E-state index in [1.807, 2.05) is 37.3 Å². The van der Waals surface area contributed by atoms with Crippen LogP contribution in [0.3, 0.4) is 0 Å². The number of carbonyl (C=O) groups excluding carboxylic acids is 2. The van der Waals surface area contributed by atoms with E-state index < -0.39 is 0 Å². The van der Waals surface area contributed by atoms with Gasteiger partial charge < -0.3 is 19.5 Å². The number of carbonyl (C=O) groups is 2. The van der Waals surface area contributed by atoms with Crippen LogP contribution in [-0.4, -0.2) is 38.3 Å². The van der Waals surface area contributed by atoms with Crippen molar-refractivity contribution in [3.63, 3.8) is 0 Å². The third kappa shape index (κ3) is 8.90. The number of benzene rings is 3. The number of hydrogen-bond donors (Lipinski definition) is 2. The van der Waals surface area contributed by atoms with Gasteiger partial charge in [0.05, 0.1) is 19.9 Å². The van der Waals surface area contributed by atoms with E-state index in [1.165, 1.54) is 6.21 Å². The summed E-state index contributed by atoms with van der Waals surface area (Å²) in [5, 5.41) is 7.40. The molecule has 0 fully saturated rings. The summed E-state index contributed by atoms with van der Waals surface area (Å²) in [5.41, 5.74) is 5.40. The molecule has 3 aromatic rings. The summed E-state index contributed by atoms with van der Waals surface area (Å²) >= 11 is 6.28. The summed E-state index contributed by atoms with van der Waals surface area (Å²) in [7, 11) is 1.56. The van der Waals surface area contributed by atoms with Crippen LogP contribution in [0.5, 0.6) is 17.2 Å². The molecule has 39 heavy (non-hydrogen) atoms. The van der Waals surface area contributed by atoms with Gasteiger partial charge in [-0.15, -0.1) is 6.58 Å². The first kappa shape index (κ1) is 29.3. The SMILES string of the molecule is C=CCc1cc(C=NNC(=O)CCNC(=O)c2ccc(OC)cc2)cc(OCC)c1OCc1ccccc1Cl. The molecular formula is C30H32ClN3O5. The lowest BCUT2D eigenvalue weighted by molar-refractivity contribution is -0.120. The number of allylic oxidation sites excluding steroid dienone is 1. The van der Waals surface area contributed by atoms with Gasteiger partial charge in [-0.05, 0) is 61.4 Å². The molecule has 9 heteroatoms. The van der Waals surface area contributed by atoms with E-state index in [-0.39, 0.29) is 31.4 Å². The number of halogens is 1. The van der Waals surface area contributed by atoms with Crippen LogP contribution in [0.1, 0.15) is 40.4 Å². The number of hydrazone groups is 1. The normalized spacial score (nSPS) is 10.6. The molecule has 3 rings (SSSR count). The molecule has 8 nitrogen and oxygen atoms in total. The molecule has 0 spiro atoms. The van der Waals surface area contributed by atoms with E-state index in [2.05, 4.69) is 22.4 Å². The second-order valence-corrected chi connectivity index (χ2v) is 8.75. The molecular weight excluding hydrogens is 518 g/mol. The fraction of sp³-hybridized carbons (Fsp3) is 0.233. The van der Waals surface area contributed by atoms with Crippen LogP contribution in [0.2, 0.25) is 5.02 Å². The van der Waals surface area contributed by atoms with Crippen molar-refractivity contribution in [3.05, 3.63) is 101 Å². The van der Waals surface area contributed by atoms with Crippen LogP contribution in [0.4, 0.5) is 0 Å². The predicted octanol–water partition coefficient (Wildman–Crippen LogP) is 5.33. The Kier molecular flexibility index (Phi) is 11.4. The Morgan fingerprint density at radius 2 is 1.82 bits per heavy atom. The Hall–Kier alpha value is -4.30. The zero-order chi connectivity index (χ0) is 28.0. The minimum absolute atomic E-state index is 0.0694. The minimum Gasteiger partial charge on any atom is -0.497 e. The van der Waals surface area contributed by atoms with Crippen LogP contribution in [0.15, 0.2) is 78.4 Å². The molecule has 3 aromatic carbocycles. The highest BCUT2D eigenvalue weighted by Gasteiger charge is 2.14. The van der Waals surface area contributed by atoms with Crippen LogP contribution in [-0.2, 0) is 17.8 Å². The second-order valence-electron chi connectivity index (χ2n) is 8.34. The smallest absolute Gasteiger partial charge is 0.251 e. The van der Waals surface area contributed by atoms with Gasteiger partial charge in [0.15, 0.2) is 11.5 Å². The second kappa shape index (κ2) is 15.2. The molecule has 0 radical (unpaired) electrons. The molecule has 0 aliphatic carbocycles. The summed E-state index contributed by atoms with van der Waals surface area (Å²) in [6, 6.07) is 17.9.